The first-order valence-electron chi connectivity index (χ1n) is 7.02. The van der Waals surface area contributed by atoms with E-state index in [1.807, 2.05) is 18.2 Å². The summed E-state index contributed by atoms with van der Waals surface area (Å²) in [5.41, 5.74) is 5.10. The molecule has 0 spiro atoms. The minimum atomic E-state index is -1.05. The van der Waals surface area contributed by atoms with Gasteiger partial charge < -0.3 is 15.6 Å². The SMILES string of the molecule is NCC(O)C1=NC2(c3ccccc3Cl)CCCC(O1)C2=O. The summed E-state index contributed by atoms with van der Waals surface area (Å²) >= 11 is 6.27. The van der Waals surface area contributed by atoms with Crippen LogP contribution in [0.1, 0.15) is 24.8 Å². The standard InChI is InChI=1S/C15H17ClN2O3/c16-10-5-2-1-4-9(10)15-7-3-6-12(13(15)20)21-14(18-15)11(19)8-17/h1-2,4-5,11-12,19H,3,6-8,17H2. The Bertz CT molecular complexity index is 604. The Hall–Kier alpha value is -1.43. The molecule has 1 fully saturated rings. The Kier molecular flexibility index (Phi) is 3.73. The van der Waals surface area contributed by atoms with Crippen molar-refractivity contribution in [3.05, 3.63) is 34.9 Å². The molecular formula is C15H17ClN2O3. The van der Waals surface area contributed by atoms with E-state index < -0.39 is 17.7 Å². The number of aliphatic hydroxyl groups is 1. The Balaban J connectivity index is 2.16. The minimum Gasteiger partial charge on any atom is -0.468 e. The molecule has 3 N–H and O–H groups in total. The molecule has 1 aromatic carbocycles. The summed E-state index contributed by atoms with van der Waals surface area (Å²) in [6.07, 6.45) is 0.429. The van der Waals surface area contributed by atoms with Gasteiger partial charge in [0.15, 0.2) is 11.6 Å². The number of ether oxygens (including phenoxy) is 1. The van der Waals surface area contributed by atoms with Gasteiger partial charge in [-0.15, -0.1) is 0 Å². The topological polar surface area (TPSA) is 84.9 Å². The summed E-state index contributed by atoms with van der Waals surface area (Å²) in [5, 5.41) is 10.4. The summed E-state index contributed by atoms with van der Waals surface area (Å²) in [4.78, 5) is 17.2. The highest BCUT2D eigenvalue weighted by atomic mass is 35.5. The Morgan fingerprint density at radius 1 is 1.52 bits per heavy atom. The lowest BCUT2D eigenvalue weighted by molar-refractivity contribution is -0.137. The number of nitrogens with two attached hydrogens (primary N) is 1. The molecule has 1 aliphatic carbocycles. The van der Waals surface area contributed by atoms with Crippen molar-refractivity contribution >= 4 is 23.3 Å². The predicted molar refractivity (Wildman–Crippen MR) is 79.4 cm³/mol. The van der Waals surface area contributed by atoms with Crippen LogP contribution in [0.5, 0.6) is 0 Å². The van der Waals surface area contributed by atoms with Gasteiger partial charge in [-0.2, -0.15) is 0 Å². The molecule has 3 unspecified atom stereocenters. The zero-order valence-corrected chi connectivity index (χ0v) is 12.2. The van der Waals surface area contributed by atoms with Crippen molar-refractivity contribution in [2.45, 2.75) is 37.0 Å². The zero-order valence-electron chi connectivity index (χ0n) is 11.5. The van der Waals surface area contributed by atoms with Gasteiger partial charge in [0, 0.05) is 17.1 Å². The maximum Gasteiger partial charge on any atom is 0.216 e. The number of carbonyl (C=O) groups is 1. The summed E-state index contributed by atoms with van der Waals surface area (Å²) in [6.45, 7) is -0.00164. The third-order valence-corrected chi connectivity index (χ3v) is 4.43. The number of Topliss-reactive ketones (excluding diaryl/α,β-unsaturated/α-hetero) is 1. The molecule has 1 aromatic rings. The van der Waals surface area contributed by atoms with Gasteiger partial charge >= 0.3 is 0 Å². The number of rotatable bonds is 3. The highest BCUT2D eigenvalue weighted by Crippen LogP contribution is 2.44. The molecular weight excluding hydrogens is 292 g/mol. The number of aliphatic hydroxyl groups excluding tert-OH is 1. The van der Waals surface area contributed by atoms with Crippen LogP contribution in [0.3, 0.4) is 0 Å². The molecule has 0 saturated heterocycles. The average molecular weight is 309 g/mol. The van der Waals surface area contributed by atoms with Gasteiger partial charge in [-0.25, -0.2) is 4.99 Å². The molecule has 3 atom stereocenters. The lowest BCUT2D eigenvalue weighted by atomic mass is 9.74. The number of ketones is 1. The van der Waals surface area contributed by atoms with Gasteiger partial charge in [0.25, 0.3) is 0 Å². The molecule has 0 amide bonds. The van der Waals surface area contributed by atoms with Crippen LogP contribution in [0.15, 0.2) is 29.3 Å². The van der Waals surface area contributed by atoms with E-state index in [-0.39, 0.29) is 18.2 Å². The Morgan fingerprint density at radius 2 is 2.29 bits per heavy atom. The quantitative estimate of drug-likeness (QED) is 0.884. The molecule has 112 valence electrons. The molecule has 1 aliphatic heterocycles. The van der Waals surface area contributed by atoms with Gasteiger partial charge in [0.2, 0.25) is 11.7 Å². The maximum absolute atomic E-state index is 12.7. The number of fused-ring (bicyclic) bond motifs is 2. The van der Waals surface area contributed by atoms with Crippen LogP contribution in [0.4, 0.5) is 0 Å². The molecule has 1 saturated carbocycles. The van der Waals surface area contributed by atoms with Gasteiger partial charge in [-0.1, -0.05) is 29.8 Å². The second-order valence-corrected chi connectivity index (χ2v) is 5.81. The van der Waals surface area contributed by atoms with Crippen LogP contribution >= 0.6 is 11.6 Å². The Labute approximate surface area is 127 Å². The second-order valence-electron chi connectivity index (χ2n) is 5.40. The molecule has 21 heavy (non-hydrogen) atoms. The van der Waals surface area contributed by atoms with Crippen molar-refractivity contribution in [1.29, 1.82) is 0 Å². The molecule has 2 bridgehead atoms. The molecule has 5 nitrogen and oxygen atoms in total. The normalized spacial score (nSPS) is 29.6. The van der Waals surface area contributed by atoms with Crippen LogP contribution in [0.2, 0.25) is 5.02 Å². The smallest absolute Gasteiger partial charge is 0.216 e. The van der Waals surface area contributed by atoms with E-state index in [9.17, 15) is 9.90 Å². The fourth-order valence-electron chi connectivity index (χ4n) is 3.03. The average Bonchev–Trinajstić information content (AvgIpc) is 2.47. The first-order chi connectivity index (χ1) is 10.1. The molecule has 0 aromatic heterocycles. The second kappa shape index (κ2) is 5.40. The molecule has 0 radical (unpaired) electrons. The third-order valence-electron chi connectivity index (χ3n) is 4.10. The number of aliphatic imine (C=N–C) groups is 1. The van der Waals surface area contributed by atoms with Gasteiger partial charge in [-0.05, 0) is 25.3 Å². The number of benzene rings is 1. The zero-order chi connectivity index (χ0) is 15.0. The van der Waals surface area contributed by atoms with E-state index in [0.717, 1.165) is 6.42 Å². The number of nitrogens with zero attached hydrogens (tertiary/aromatic N) is 1. The van der Waals surface area contributed by atoms with Crippen molar-refractivity contribution in [1.82, 2.24) is 0 Å². The van der Waals surface area contributed by atoms with Crippen LogP contribution < -0.4 is 5.73 Å². The molecule has 3 rings (SSSR count). The summed E-state index contributed by atoms with van der Waals surface area (Å²) in [7, 11) is 0. The van der Waals surface area contributed by atoms with Crippen molar-refractivity contribution in [3.8, 4) is 0 Å². The van der Waals surface area contributed by atoms with Crippen molar-refractivity contribution in [3.63, 3.8) is 0 Å². The number of carbonyl (C=O) groups excluding carboxylic acids is 1. The lowest BCUT2D eigenvalue weighted by Crippen LogP contribution is -2.53. The highest BCUT2D eigenvalue weighted by Gasteiger charge is 2.52. The number of hydrogen-bond donors (Lipinski definition) is 2. The fraction of sp³-hybridized carbons (Fsp3) is 0.467. The molecule has 2 aliphatic rings. The maximum atomic E-state index is 12.7. The van der Waals surface area contributed by atoms with Crippen LogP contribution in [-0.2, 0) is 15.1 Å². The van der Waals surface area contributed by atoms with E-state index in [2.05, 4.69) is 4.99 Å². The summed E-state index contributed by atoms with van der Waals surface area (Å²) in [5.74, 6) is 0.0524. The van der Waals surface area contributed by atoms with E-state index >= 15 is 0 Å². The summed E-state index contributed by atoms with van der Waals surface area (Å²) < 4.78 is 5.54. The third kappa shape index (κ3) is 2.25. The largest absolute Gasteiger partial charge is 0.468 e. The van der Waals surface area contributed by atoms with Crippen LogP contribution in [0.25, 0.3) is 0 Å². The van der Waals surface area contributed by atoms with E-state index in [1.54, 1.807) is 6.07 Å². The molecule has 1 heterocycles. The van der Waals surface area contributed by atoms with Crippen LogP contribution in [-0.4, -0.2) is 35.5 Å². The number of hydrogen-bond acceptors (Lipinski definition) is 5. The first kappa shape index (κ1) is 14.5. The van der Waals surface area contributed by atoms with E-state index in [0.29, 0.717) is 23.4 Å². The fourth-order valence-corrected chi connectivity index (χ4v) is 3.32. The van der Waals surface area contributed by atoms with Crippen molar-refractivity contribution in [2.75, 3.05) is 6.54 Å². The van der Waals surface area contributed by atoms with Crippen LogP contribution in [0, 0.1) is 0 Å². The summed E-state index contributed by atoms with van der Waals surface area (Å²) in [6, 6.07) is 7.19. The number of halogens is 1. The van der Waals surface area contributed by atoms with Crippen molar-refractivity contribution in [2.24, 2.45) is 10.7 Å². The van der Waals surface area contributed by atoms with E-state index in [4.69, 9.17) is 22.1 Å². The molecule has 6 heteroatoms. The Morgan fingerprint density at radius 3 is 3.00 bits per heavy atom. The minimum absolute atomic E-state index is 0.00164. The van der Waals surface area contributed by atoms with Crippen molar-refractivity contribution < 1.29 is 14.6 Å². The van der Waals surface area contributed by atoms with Gasteiger partial charge in [0.1, 0.15) is 6.10 Å². The highest BCUT2D eigenvalue weighted by molar-refractivity contribution is 6.32. The first-order valence-corrected chi connectivity index (χ1v) is 7.40. The van der Waals surface area contributed by atoms with Gasteiger partial charge in [0.05, 0.1) is 0 Å². The van der Waals surface area contributed by atoms with E-state index in [1.165, 1.54) is 0 Å². The predicted octanol–water partition coefficient (Wildman–Crippen LogP) is 1.41. The monoisotopic (exact) mass is 308 g/mol. The van der Waals surface area contributed by atoms with Gasteiger partial charge in [-0.3, -0.25) is 4.79 Å². The lowest BCUT2D eigenvalue weighted by Gasteiger charge is -2.42.